The fraction of sp³-hybridized carbons (Fsp3) is 0.900. The minimum atomic E-state index is -0.187. The molecule has 24 heavy (non-hydrogen) atoms. The van der Waals surface area contributed by atoms with Crippen LogP contribution in [0.15, 0.2) is 0 Å². The zero-order valence-electron chi connectivity index (χ0n) is 13.8. The van der Waals surface area contributed by atoms with Crippen LogP contribution in [0.25, 0.3) is 0 Å². The molecular weight excluding hydrogens is 304 g/mol. The smallest absolute Gasteiger partial charge is 0.310 e. The number of carbonyl (C=O) groups is 2. The molecule has 0 unspecified atom stereocenters. The topological polar surface area (TPSA) is 52.6 Å². The second-order valence-electron chi connectivity index (χ2n) is 9.79. The van der Waals surface area contributed by atoms with E-state index in [-0.39, 0.29) is 36.0 Å². The first-order chi connectivity index (χ1) is 11.7. The normalized spacial score (nSPS) is 64.5. The molecule has 4 nitrogen and oxygen atoms in total. The van der Waals surface area contributed by atoms with Crippen LogP contribution >= 0.6 is 0 Å². The molecule has 0 aromatic carbocycles. The lowest BCUT2D eigenvalue weighted by Gasteiger charge is -2.53. The Bertz CT molecular complexity index is 602. The van der Waals surface area contributed by atoms with Crippen molar-refractivity contribution < 1.29 is 19.1 Å². The molecule has 2 saturated heterocycles. The molecule has 0 amide bonds. The zero-order chi connectivity index (χ0) is 15.7. The predicted octanol–water partition coefficient (Wildman–Crippen LogP) is 2.41. The highest BCUT2D eigenvalue weighted by atomic mass is 16.6. The number of rotatable bonds is 0. The second-order valence-corrected chi connectivity index (χ2v) is 9.79. The van der Waals surface area contributed by atoms with Gasteiger partial charge in [0.15, 0.2) is 0 Å². The molecule has 2 heterocycles. The summed E-state index contributed by atoms with van der Waals surface area (Å²) in [4.78, 5) is 25.8. The van der Waals surface area contributed by atoms with Gasteiger partial charge < -0.3 is 9.47 Å². The second kappa shape index (κ2) is 4.02. The molecule has 0 aromatic rings. The first-order valence-electron chi connectivity index (χ1n) is 10.1. The van der Waals surface area contributed by atoms with Gasteiger partial charge in [-0.15, -0.1) is 0 Å². The minimum Gasteiger partial charge on any atom is -0.462 e. The number of esters is 2. The Kier molecular flexibility index (Phi) is 2.21. The maximum Gasteiger partial charge on any atom is 0.310 e. The number of ether oxygens (including phenoxy) is 2. The van der Waals surface area contributed by atoms with E-state index in [1.54, 1.807) is 0 Å². The van der Waals surface area contributed by atoms with Gasteiger partial charge in [-0.1, -0.05) is 0 Å². The fourth-order valence-corrected chi connectivity index (χ4v) is 9.14. The molecule has 7 rings (SSSR count). The van der Waals surface area contributed by atoms with E-state index in [1.165, 1.54) is 25.7 Å². The third-order valence-electron chi connectivity index (χ3n) is 9.46. The van der Waals surface area contributed by atoms with Crippen LogP contribution in [0.4, 0.5) is 0 Å². The lowest BCUT2D eigenvalue weighted by molar-refractivity contribution is -0.206. The van der Waals surface area contributed by atoms with Gasteiger partial charge in [-0.05, 0) is 74.0 Å². The van der Waals surface area contributed by atoms with Gasteiger partial charge in [-0.3, -0.25) is 9.59 Å². The molecule has 0 radical (unpaired) electrons. The summed E-state index contributed by atoms with van der Waals surface area (Å²) in [5.74, 6) is 4.27. The summed E-state index contributed by atoms with van der Waals surface area (Å²) in [5.41, 5.74) is 0. The molecule has 0 bridgehead atoms. The van der Waals surface area contributed by atoms with Gasteiger partial charge in [0.1, 0.15) is 12.2 Å². The van der Waals surface area contributed by atoms with Gasteiger partial charge in [0.2, 0.25) is 0 Å². The lowest BCUT2D eigenvalue weighted by Crippen LogP contribution is -2.59. The van der Waals surface area contributed by atoms with Crippen LogP contribution in [-0.2, 0) is 19.1 Å². The van der Waals surface area contributed by atoms with E-state index in [0.29, 0.717) is 35.5 Å². The van der Waals surface area contributed by atoms with Crippen LogP contribution in [0, 0.1) is 59.2 Å². The fourth-order valence-electron chi connectivity index (χ4n) is 9.14. The highest BCUT2D eigenvalue weighted by Gasteiger charge is 2.72. The van der Waals surface area contributed by atoms with Crippen molar-refractivity contribution in [2.24, 2.45) is 59.2 Å². The lowest BCUT2D eigenvalue weighted by atomic mass is 9.54. The molecule has 0 aromatic heterocycles. The van der Waals surface area contributed by atoms with E-state index in [4.69, 9.17) is 9.47 Å². The molecule has 7 aliphatic rings. The maximum absolute atomic E-state index is 12.9. The van der Waals surface area contributed by atoms with Crippen LogP contribution in [-0.4, -0.2) is 24.1 Å². The zero-order valence-corrected chi connectivity index (χ0v) is 13.8. The van der Waals surface area contributed by atoms with Crippen molar-refractivity contribution in [2.45, 2.75) is 50.7 Å². The Hall–Kier alpha value is -1.06. The van der Waals surface area contributed by atoms with E-state index >= 15 is 0 Å². The van der Waals surface area contributed by atoms with Crippen molar-refractivity contribution in [1.82, 2.24) is 0 Å². The monoisotopic (exact) mass is 328 g/mol. The molecular formula is C20H24O4. The third kappa shape index (κ3) is 1.27. The van der Waals surface area contributed by atoms with Gasteiger partial charge in [0, 0.05) is 11.8 Å². The molecule has 0 N–H and O–H groups in total. The average Bonchev–Trinajstić information content (AvgIpc) is 3.27. The van der Waals surface area contributed by atoms with Gasteiger partial charge in [-0.25, -0.2) is 0 Å². The Morgan fingerprint density at radius 3 is 1.54 bits per heavy atom. The molecule has 128 valence electrons. The van der Waals surface area contributed by atoms with Crippen LogP contribution < -0.4 is 0 Å². The number of hydrogen-bond donors (Lipinski definition) is 0. The van der Waals surface area contributed by atoms with E-state index in [9.17, 15) is 9.59 Å². The molecule has 0 spiro atoms. The van der Waals surface area contributed by atoms with Crippen LogP contribution in [0.5, 0.6) is 0 Å². The molecule has 2 aliphatic heterocycles. The van der Waals surface area contributed by atoms with Crippen LogP contribution in [0.3, 0.4) is 0 Å². The SMILES string of the molecule is O=C1O[C@@H]2CC[C@@H]3C[C@@H]4[C@H]5C[C@H]6CC[C@H]7OC(=O)[C@H]([C@@H]1[C@@H]4[C@@H]32)[C@H]5[C@H]67. The highest BCUT2D eigenvalue weighted by molar-refractivity contribution is 5.84. The van der Waals surface area contributed by atoms with Gasteiger partial charge >= 0.3 is 11.9 Å². The van der Waals surface area contributed by atoms with Gasteiger partial charge in [0.25, 0.3) is 0 Å². The van der Waals surface area contributed by atoms with E-state index in [0.717, 1.165) is 24.7 Å². The number of carbonyl (C=O) groups excluding carboxylic acids is 2. The standard InChI is InChI=1S/C20H24O4/c21-19-17-15-9(5-7-1-3-11(23-19)13(7)15)10-6-8-2-4-12-14(8)16(10)18(17)20(22)24-12/h7-18H,1-6H2/t7-,8-,9-,10-,11-,12-,13-,14+,15-,16+,17+,18+/m1/s1. The molecule has 4 heteroatoms. The Balaban J connectivity index is 1.40. The predicted molar refractivity (Wildman–Crippen MR) is 82.4 cm³/mol. The first-order valence-corrected chi connectivity index (χ1v) is 10.1. The number of hydrogen-bond acceptors (Lipinski definition) is 4. The van der Waals surface area contributed by atoms with Crippen molar-refractivity contribution in [3.63, 3.8) is 0 Å². The highest BCUT2D eigenvalue weighted by Crippen LogP contribution is 2.71. The Morgan fingerprint density at radius 1 is 0.625 bits per heavy atom. The van der Waals surface area contributed by atoms with Crippen LogP contribution in [0.1, 0.15) is 38.5 Å². The number of fused-ring (bicyclic) bond motifs is 2. The van der Waals surface area contributed by atoms with Gasteiger partial charge in [-0.2, -0.15) is 0 Å². The van der Waals surface area contributed by atoms with E-state index < -0.39 is 0 Å². The summed E-state index contributed by atoms with van der Waals surface area (Å²) < 4.78 is 11.8. The van der Waals surface area contributed by atoms with Crippen molar-refractivity contribution in [3.05, 3.63) is 0 Å². The van der Waals surface area contributed by atoms with E-state index in [1.807, 2.05) is 0 Å². The van der Waals surface area contributed by atoms with Gasteiger partial charge in [0.05, 0.1) is 11.8 Å². The summed E-state index contributed by atoms with van der Waals surface area (Å²) in [7, 11) is 0. The first kappa shape index (κ1) is 13.2. The van der Waals surface area contributed by atoms with Crippen molar-refractivity contribution in [3.8, 4) is 0 Å². The molecule has 5 saturated carbocycles. The quantitative estimate of drug-likeness (QED) is 0.641. The Morgan fingerprint density at radius 2 is 1.08 bits per heavy atom. The van der Waals surface area contributed by atoms with Crippen LogP contribution in [0.2, 0.25) is 0 Å². The van der Waals surface area contributed by atoms with Crippen molar-refractivity contribution >= 4 is 11.9 Å². The summed E-state index contributed by atoms with van der Waals surface area (Å²) in [6.07, 6.45) is 7.45. The summed E-state index contributed by atoms with van der Waals surface area (Å²) in [6.45, 7) is 0. The summed E-state index contributed by atoms with van der Waals surface area (Å²) in [5, 5.41) is 0. The summed E-state index contributed by atoms with van der Waals surface area (Å²) >= 11 is 0. The Labute approximate surface area is 141 Å². The third-order valence-corrected chi connectivity index (χ3v) is 9.46. The van der Waals surface area contributed by atoms with Crippen molar-refractivity contribution in [1.29, 1.82) is 0 Å². The largest absolute Gasteiger partial charge is 0.462 e. The van der Waals surface area contributed by atoms with E-state index in [2.05, 4.69) is 0 Å². The molecule has 7 fully saturated rings. The summed E-state index contributed by atoms with van der Waals surface area (Å²) in [6, 6.07) is 0. The van der Waals surface area contributed by atoms with Crippen molar-refractivity contribution in [2.75, 3.05) is 0 Å². The minimum absolute atomic E-state index is 0.0610. The molecule has 5 aliphatic carbocycles. The average molecular weight is 328 g/mol. The molecule has 12 atom stereocenters. The maximum atomic E-state index is 12.9.